The largest absolute Gasteiger partial charge is 0.507 e. The summed E-state index contributed by atoms with van der Waals surface area (Å²) in [6.45, 7) is 15.0. The van der Waals surface area contributed by atoms with E-state index in [0.717, 1.165) is 27.3 Å². The molecule has 155 valence electrons. The Labute approximate surface area is 167 Å². The number of carbonyl (C=O) groups is 1. The standard InChI is InChI=1S/C22H33N2O4/c1-12-13(2)18-15(14(3)17(12)25)9-10-22(8,28-18)19(26)23-16-11-20(4,5)24(27)21(16,6)7/h16,25H,9-11H2,1-8H3,(H,23,26). The number of rotatable bonds is 2. The Morgan fingerprint density at radius 2 is 1.71 bits per heavy atom. The van der Waals surface area contributed by atoms with Gasteiger partial charge in [-0.15, -0.1) is 10.3 Å². The molecule has 1 amide bonds. The van der Waals surface area contributed by atoms with E-state index in [4.69, 9.17) is 4.74 Å². The third kappa shape index (κ3) is 2.98. The molecular weight excluding hydrogens is 356 g/mol. The summed E-state index contributed by atoms with van der Waals surface area (Å²) in [5.41, 5.74) is 1.22. The lowest BCUT2D eigenvalue weighted by Gasteiger charge is -2.39. The summed E-state index contributed by atoms with van der Waals surface area (Å²) >= 11 is 0. The summed E-state index contributed by atoms with van der Waals surface area (Å²) in [6, 6.07) is -0.251. The summed E-state index contributed by atoms with van der Waals surface area (Å²) in [7, 11) is 0. The van der Waals surface area contributed by atoms with Crippen LogP contribution in [0.25, 0.3) is 0 Å². The molecule has 2 atom stereocenters. The SMILES string of the molecule is Cc1c(C)c2c(c(C)c1O)CCC(C)(C(=O)NC1CC(C)(C)N([O])C1(C)C)O2. The van der Waals surface area contributed by atoms with Gasteiger partial charge in [0.25, 0.3) is 5.91 Å². The first-order valence-electron chi connectivity index (χ1n) is 10.0. The van der Waals surface area contributed by atoms with Gasteiger partial charge in [0.15, 0.2) is 5.60 Å². The molecule has 0 saturated carbocycles. The van der Waals surface area contributed by atoms with Gasteiger partial charge in [-0.05, 0) is 84.9 Å². The number of fused-ring (bicyclic) bond motifs is 1. The fraction of sp³-hybridized carbons (Fsp3) is 0.682. The van der Waals surface area contributed by atoms with E-state index >= 15 is 0 Å². The number of carbonyl (C=O) groups excluding carboxylic acids is 1. The van der Waals surface area contributed by atoms with Gasteiger partial charge in [0.2, 0.25) is 0 Å². The quantitative estimate of drug-likeness (QED) is 0.811. The van der Waals surface area contributed by atoms with Crippen molar-refractivity contribution in [2.75, 3.05) is 0 Å². The third-order valence-electron chi connectivity index (χ3n) is 6.93. The fourth-order valence-corrected chi connectivity index (χ4v) is 4.70. The number of aromatic hydroxyl groups is 1. The van der Waals surface area contributed by atoms with E-state index in [0.29, 0.717) is 30.8 Å². The number of amides is 1. The molecule has 2 unspecified atom stereocenters. The Morgan fingerprint density at radius 3 is 2.25 bits per heavy atom. The first kappa shape index (κ1) is 20.9. The molecular formula is C22H33N2O4. The number of ether oxygens (including phenoxy) is 1. The summed E-state index contributed by atoms with van der Waals surface area (Å²) in [5, 5.41) is 27.2. The van der Waals surface area contributed by atoms with Gasteiger partial charge in [-0.3, -0.25) is 4.79 Å². The van der Waals surface area contributed by atoms with Gasteiger partial charge in [0.05, 0.1) is 11.6 Å². The first-order chi connectivity index (χ1) is 12.7. The summed E-state index contributed by atoms with van der Waals surface area (Å²) in [4.78, 5) is 13.2. The van der Waals surface area contributed by atoms with Crippen LogP contribution in [0.5, 0.6) is 11.5 Å². The minimum Gasteiger partial charge on any atom is -0.507 e. The van der Waals surface area contributed by atoms with Crippen LogP contribution in [0.4, 0.5) is 0 Å². The number of benzene rings is 1. The number of phenolic OH excluding ortho intramolecular Hbond substituents is 1. The Hall–Kier alpha value is -1.79. The summed E-state index contributed by atoms with van der Waals surface area (Å²) in [5.74, 6) is 0.816. The van der Waals surface area contributed by atoms with Crippen LogP contribution in [0.2, 0.25) is 0 Å². The van der Waals surface area contributed by atoms with E-state index < -0.39 is 16.7 Å². The van der Waals surface area contributed by atoms with Crippen molar-refractivity contribution in [3.8, 4) is 11.5 Å². The van der Waals surface area contributed by atoms with Crippen LogP contribution < -0.4 is 10.1 Å². The lowest BCUT2D eigenvalue weighted by Crippen LogP contribution is -2.58. The molecule has 0 aliphatic carbocycles. The van der Waals surface area contributed by atoms with Crippen LogP contribution in [0.15, 0.2) is 0 Å². The summed E-state index contributed by atoms with van der Waals surface area (Å²) < 4.78 is 6.27. The van der Waals surface area contributed by atoms with Gasteiger partial charge in [0, 0.05) is 17.5 Å². The number of hydrogen-bond donors (Lipinski definition) is 2. The van der Waals surface area contributed by atoms with Crippen molar-refractivity contribution in [1.29, 1.82) is 0 Å². The van der Waals surface area contributed by atoms with Crippen LogP contribution in [-0.4, -0.2) is 38.8 Å². The van der Waals surface area contributed by atoms with E-state index in [2.05, 4.69) is 5.32 Å². The van der Waals surface area contributed by atoms with Crippen LogP contribution in [0.3, 0.4) is 0 Å². The van der Waals surface area contributed by atoms with Gasteiger partial charge < -0.3 is 15.2 Å². The second kappa shape index (κ2) is 6.36. The zero-order valence-corrected chi connectivity index (χ0v) is 18.3. The second-order valence-corrected chi connectivity index (χ2v) is 9.85. The highest BCUT2D eigenvalue weighted by Crippen LogP contribution is 2.44. The number of hydrogen-bond acceptors (Lipinski definition) is 4. The molecule has 0 aromatic heterocycles. The molecule has 0 bridgehead atoms. The van der Waals surface area contributed by atoms with E-state index in [1.807, 2.05) is 55.4 Å². The molecule has 3 rings (SSSR count). The molecule has 1 fully saturated rings. The van der Waals surface area contributed by atoms with Crippen molar-refractivity contribution < 1.29 is 19.8 Å². The molecule has 6 nitrogen and oxygen atoms in total. The molecule has 2 N–H and O–H groups in total. The monoisotopic (exact) mass is 389 g/mol. The highest BCUT2D eigenvalue weighted by molar-refractivity contribution is 5.86. The highest BCUT2D eigenvalue weighted by Gasteiger charge is 2.54. The normalized spacial score (nSPS) is 28.5. The maximum atomic E-state index is 13.2. The molecule has 1 aromatic carbocycles. The molecule has 0 spiro atoms. The Bertz CT molecular complexity index is 831. The fourth-order valence-electron chi connectivity index (χ4n) is 4.70. The third-order valence-corrected chi connectivity index (χ3v) is 6.93. The van der Waals surface area contributed by atoms with E-state index in [-0.39, 0.29) is 11.9 Å². The number of hydroxylamine groups is 2. The molecule has 2 heterocycles. The van der Waals surface area contributed by atoms with Crippen LogP contribution in [0.1, 0.15) is 69.7 Å². The van der Waals surface area contributed by atoms with E-state index in [9.17, 15) is 15.1 Å². The smallest absolute Gasteiger partial charge is 0.264 e. The van der Waals surface area contributed by atoms with Crippen LogP contribution in [0, 0.1) is 20.8 Å². The predicted octanol–water partition coefficient (Wildman–Crippen LogP) is 3.49. The van der Waals surface area contributed by atoms with Crippen molar-refractivity contribution in [2.45, 2.75) is 97.4 Å². The van der Waals surface area contributed by atoms with Crippen LogP contribution in [-0.2, 0) is 16.4 Å². The Kier molecular flexibility index (Phi) is 4.75. The van der Waals surface area contributed by atoms with Crippen molar-refractivity contribution in [3.05, 3.63) is 22.3 Å². The van der Waals surface area contributed by atoms with E-state index in [1.54, 1.807) is 0 Å². The van der Waals surface area contributed by atoms with Gasteiger partial charge in [-0.1, -0.05) is 0 Å². The molecule has 1 saturated heterocycles. The number of phenols is 1. The zero-order chi connectivity index (χ0) is 21.2. The van der Waals surface area contributed by atoms with Crippen molar-refractivity contribution in [2.24, 2.45) is 0 Å². The average Bonchev–Trinajstić information content (AvgIpc) is 2.77. The van der Waals surface area contributed by atoms with Gasteiger partial charge >= 0.3 is 0 Å². The molecule has 1 aromatic rings. The van der Waals surface area contributed by atoms with Gasteiger partial charge in [0.1, 0.15) is 11.5 Å². The van der Waals surface area contributed by atoms with Crippen molar-refractivity contribution in [1.82, 2.24) is 10.4 Å². The Balaban J connectivity index is 1.87. The topological polar surface area (TPSA) is 81.7 Å². The first-order valence-corrected chi connectivity index (χ1v) is 10.0. The lowest BCUT2D eigenvalue weighted by atomic mass is 9.86. The van der Waals surface area contributed by atoms with E-state index in [1.165, 1.54) is 0 Å². The minimum atomic E-state index is -1.01. The van der Waals surface area contributed by atoms with Crippen LogP contribution >= 0.6 is 0 Å². The lowest BCUT2D eigenvalue weighted by molar-refractivity contribution is -0.246. The van der Waals surface area contributed by atoms with Crippen molar-refractivity contribution >= 4 is 5.91 Å². The van der Waals surface area contributed by atoms with Gasteiger partial charge in [-0.2, -0.15) is 0 Å². The number of nitrogens with zero attached hydrogens (tertiary/aromatic N) is 1. The highest BCUT2D eigenvalue weighted by atomic mass is 16.5. The molecule has 2 aliphatic rings. The molecule has 2 aliphatic heterocycles. The summed E-state index contributed by atoms with van der Waals surface area (Å²) in [6.07, 6.45) is 1.77. The average molecular weight is 390 g/mol. The molecule has 1 radical (unpaired) electrons. The van der Waals surface area contributed by atoms with Gasteiger partial charge in [-0.25, -0.2) is 0 Å². The van der Waals surface area contributed by atoms with Crippen molar-refractivity contribution in [3.63, 3.8) is 0 Å². The molecule has 28 heavy (non-hydrogen) atoms. The Morgan fingerprint density at radius 1 is 1.11 bits per heavy atom. The predicted molar refractivity (Wildman–Crippen MR) is 107 cm³/mol. The zero-order valence-electron chi connectivity index (χ0n) is 18.3. The maximum Gasteiger partial charge on any atom is 0.264 e. The minimum absolute atomic E-state index is 0.190. The molecule has 6 heteroatoms. The number of nitrogens with one attached hydrogen (secondary N) is 1. The maximum absolute atomic E-state index is 13.2. The second-order valence-electron chi connectivity index (χ2n) is 9.85.